The Kier molecular flexibility index (Phi) is 7.12. The van der Waals surface area contributed by atoms with Crippen molar-refractivity contribution in [2.24, 2.45) is 0 Å². The second-order valence-electron chi connectivity index (χ2n) is 4.77. The predicted octanol–water partition coefficient (Wildman–Crippen LogP) is 2.12. The molecule has 1 aromatic heterocycles. The minimum absolute atomic E-state index is 0.309. The summed E-state index contributed by atoms with van der Waals surface area (Å²) in [6, 6.07) is 0. The van der Waals surface area contributed by atoms with Gasteiger partial charge in [-0.25, -0.2) is 0 Å². The molecule has 0 saturated heterocycles. The first-order valence-corrected chi connectivity index (χ1v) is 7.39. The number of anilines is 1. The van der Waals surface area contributed by atoms with E-state index in [4.69, 9.17) is 9.47 Å². The minimum Gasteiger partial charge on any atom is -0.480 e. The van der Waals surface area contributed by atoms with E-state index in [1.807, 2.05) is 19.0 Å². The van der Waals surface area contributed by atoms with Gasteiger partial charge < -0.3 is 19.7 Å². The van der Waals surface area contributed by atoms with Crippen LogP contribution in [0.25, 0.3) is 0 Å². The summed E-state index contributed by atoms with van der Waals surface area (Å²) in [5, 5.41) is 4.36. The maximum atomic E-state index is 5.49. The van der Waals surface area contributed by atoms with Gasteiger partial charge in [0.05, 0.1) is 18.1 Å². The molecule has 0 aliphatic heterocycles. The summed E-state index contributed by atoms with van der Waals surface area (Å²) in [4.78, 5) is 7.55. The molecule has 19 heavy (non-hydrogen) atoms. The Hall–Kier alpha value is -0.850. The van der Waals surface area contributed by atoms with Gasteiger partial charge in [-0.1, -0.05) is 11.3 Å². The van der Waals surface area contributed by atoms with Gasteiger partial charge in [0.2, 0.25) is 5.88 Å². The number of aromatic nitrogens is 1. The predicted molar refractivity (Wildman–Crippen MR) is 80.4 cm³/mol. The fourth-order valence-electron chi connectivity index (χ4n) is 1.51. The molecule has 110 valence electrons. The maximum absolute atomic E-state index is 5.49. The lowest BCUT2D eigenvalue weighted by atomic mass is 10.4. The van der Waals surface area contributed by atoms with Crippen LogP contribution in [-0.4, -0.2) is 45.4 Å². The van der Waals surface area contributed by atoms with Gasteiger partial charge in [0, 0.05) is 27.2 Å². The van der Waals surface area contributed by atoms with Crippen LogP contribution < -0.4 is 15.0 Å². The molecule has 0 aliphatic rings. The highest BCUT2D eigenvalue weighted by atomic mass is 32.1. The van der Waals surface area contributed by atoms with Gasteiger partial charge in [-0.15, -0.1) is 0 Å². The van der Waals surface area contributed by atoms with Crippen LogP contribution in [0, 0.1) is 0 Å². The monoisotopic (exact) mass is 287 g/mol. The molecule has 6 heteroatoms. The number of nitrogens with one attached hydrogen (secondary N) is 1. The van der Waals surface area contributed by atoms with E-state index in [2.05, 4.69) is 24.1 Å². The van der Waals surface area contributed by atoms with Gasteiger partial charge >= 0.3 is 0 Å². The Morgan fingerprint density at radius 2 is 2.11 bits per heavy atom. The van der Waals surface area contributed by atoms with Gasteiger partial charge in [-0.2, -0.15) is 4.98 Å². The first-order chi connectivity index (χ1) is 9.04. The second-order valence-corrected chi connectivity index (χ2v) is 5.84. The zero-order valence-corrected chi connectivity index (χ0v) is 13.3. The summed E-state index contributed by atoms with van der Waals surface area (Å²) in [5.74, 6) is 0.722. The summed E-state index contributed by atoms with van der Waals surface area (Å²) in [6.07, 6.45) is 1.32. The first-order valence-electron chi connectivity index (χ1n) is 6.58. The summed E-state index contributed by atoms with van der Waals surface area (Å²) in [5.41, 5.74) is 0. The van der Waals surface area contributed by atoms with Gasteiger partial charge in [0.1, 0.15) is 0 Å². The van der Waals surface area contributed by atoms with E-state index >= 15 is 0 Å². The van der Waals surface area contributed by atoms with Gasteiger partial charge in [0.25, 0.3) is 0 Å². The summed E-state index contributed by atoms with van der Waals surface area (Å²) >= 11 is 1.66. The highest BCUT2D eigenvalue weighted by Crippen LogP contribution is 2.30. The van der Waals surface area contributed by atoms with E-state index in [0.29, 0.717) is 6.10 Å². The third-order valence-corrected chi connectivity index (χ3v) is 3.67. The fraction of sp³-hybridized carbons (Fsp3) is 0.769. The minimum atomic E-state index is 0.309. The molecular formula is C13H25N3O2S. The van der Waals surface area contributed by atoms with Crippen LogP contribution in [0.3, 0.4) is 0 Å². The third kappa shape index (κ3) is 5.76. The van der Waals surface area contributed by atoms with Crippen LogP contribution in [0.15, 0.2) is 0 Å². The molecule has 0 bridgehead atoms. The normalized spacial score (nSPS) is 11.1. The van der Waals surface area contributed by atoms with Crippen molar-refractivity contribution in [1.82, 2.24) is 10.3 Å². The molecule has 0 fully saturated rings. The number of nitrogens with zero attached hydrogens (tertiary/aromatic N) is 2. The van der Waals surface area contributed by atoms with Crippen LogP contribution in [0.2, 0.25) is 0 Å². The molecule has 0 unspecified atom stereocenters. The van der Waals surface area contributed by atoms with Gasteiger partial charge in [-0.05, 0) is 26.8 Å². The fourth-order valence-corrected chi connectivity index (χ4v) is 2.43. The van der Waals surface area contributed by atoms with Crippen LogP contribution in [0.1, 0.15) is 25.1 Å². The van der Waals surface area contributed by atoms with E-state index in [9.17, 15) is 0 Å². The van der Waals surface area contributed by atoms with E-state index in [0.717, 1.165) is 42.0 Å². The van der Waals surface area contributed by atoms with Crippen molar-refractivity contribution in [2.45, 2.75) is 32.9 Å². The molecular weight excluding hydrogens is 262 g/mol. The van der Waals surface area contributed by atoms with Crippen LogP contribution >= 0.6 is 11.3 Å². The van der Waals surface area contributed by atoms with Gasteiger partial charge in [-0.3, -0.25) is 0 Å². The Morgan fingerprint density at radius 1 is 1.37 bits per heavy atom. The lowest BCUT2D eigenvalue weighted by Gasteiger charge is -2.07. The number of thiazole rings is 1. The average molecular weight is 287 g/mol. The average Bonchev–Trinajstić information content (AvgIpc) is 2.76. The van der Waals surface area contributed by atoms with Crippen molar-refractivity contribution in [2.75, 3.05) is 39.3 Å². The van der Waals surface area contributed by atoms with Crippen molar-refractivity contribution in [3.05, 3.63) is 4.88 Å². The lowest BCUT2D eigenvalue weighted by molar-refractivity contribution is 0.0770. The van der Waals surface area contributed by atoms with Crippen molar-refractivity contribution < 1.29 is 9.47 Å². The molecule has 1 N–H and O–H groups in total. The van der Waals surface area contributed by atoms with E-state index in [-0.39, 0.29) is 0 Å². The van der Waals surface area contributed by atoms with Crippen molar-refractivity contribution in [3.8, 4) is 5.88 Å². The third-order valence-electron chi connectivity index (χ3n) is 2.46. The number of ether oxygens (including phenoxy) is 2. The van der Waals surface area contributed by atoms with Crippen LogP contribution in [-0.2, 0) is 11.3 Å². The molecule has 1 heterocycles. The number of hydrogen-bond acceptors (Lipinski definition) is 6. The van der Waals surface area contributed by atoms with Crippen molar-refractivity contribution >= 4 is 16.5 Å². The molecule has 1 rings (SSSR count). The standard InChI is InChI=1S/C13H25N3O2S/c1-10(2)18-8-6-7-14-9-11-12(17-5)15-13(19-11)16(3)4/h10,14H,6-9H2,1-5H3. The Bertz CT molecular complexity index is 367. The molecule has 0 amide bonds. The topological polar surface area (TPSA) is 46.6 Å². The number of methoxy groups -OCH3 is 1. The SMILES string of the molecule is COc1nc(N(C)C)sc1CNCCCOC(C)C. The maximum Gasteiger partial charge on any atom is 0.230 e. The van der Waals surface area contributed by atoms with E-state index in [1.165, 1.54) is 0 Å². The molecule has 0 radical (unpaired) electrons. The second kappa shape index (κ2) is 8.35. The molecule has 0 spiro atoms. The quantitative estimate of drug-likeness (QED) is 0.705. The summed E-state index contributed by atoms with van der Waals surface area (Å²) in [7, 11) is 5.63. The zero-order valence-electron chi connectivity index (χ0n) is 12.5. The van der Waals surface area contributed by atoms with Crippen molar-refractivity contribution in [3.63, 3.8) is 0 Å². The highest BCUT2D eigenvalue weighted by Gasteiger charge is 2.12. The molecule has 1 aromatic rings. The van der Waals surface area contributed by atoms with E-state index in [1.54, 1.807) is 18.4 Å². The summed E-state index contributed by atoms with van der Waals surface area (Å²) in [6.45, 7) is 6.63. The van der Waals surface area contributed by atoms with E-state index < -0.39 is 0 Å². The van der Waals surface area contributed by atoms with Gasteiger partial charge in [0.15, 0.2) is 5.13 Å². The number of hydrogen-bond donors (Lipinski definition) is 1. The Balaban J connectivity index is 2.32. The largest absolute Gasteiger partial charge is 0.480 e. The molecule has 0 atom stereocenters. The van der Waals surface area contributed by atoms with Crippen molar-refractivity contribution in [1.29, 1.82) is 0 Å². The first kappa shape index (κ1) is 16.2. The Labute approximate surface area is 119 Å². The molecule has 5 nitrogen and oxygen atoms in total. The molecule has 0 saturated carbocycles. The smallest absolute Gasteiger partial charge is 0.230 e. The van der Waals surface area contributed by atoms with Crippen LogP contribution in [0.5, 0.6) is 5.88 Å². The summed E-state index contributed by atoms with van der Waals surface area (Å²) < 4.78 is 10.8. The van der Waals surface area contributed by atoms with Crippen LogP contribution in [0.4, 0.5) is 5.13 Å². The highest BCUT2D eigenvalue weighted by molar-refractivity contribution is 7.15. The Morgan fingerprint density at radius 3 is 2.68 bits per heavy atom. The zero-order chi connectivity index (χ0) is 14.3. The molecule has 0 aromatic carbocycles. The number of rotatable bonds is 9. The lowest BCUT2D eigenvalue weighted by Crippen LogP contribution is -2.17. The molecule has 0 aliphatic carbocycles.